The number of nitrogens with zero attached hydrogens (tertiary/aromatic N) is 3. The Morgan fingerprint density at radius 2 is 2.04 bits per heavy atom. The largest absolute Gasteiger partial charge is 0.507 e. The highest BCUT2D eigenvalue weighted by Gasteiger charge is 2.18. The fourth-order valence-electron chi connectivity index (χ4n) is 2.11. The van der Waals surface area contributed by atoms with Crippen LogP contribution < -0.4 is 4.74 Å². The zero-order valence-electron chi connectivity index (χ0n) is 12.4. The molecule has 2 heterocycles. The Balaban J connectivity index is 1.97. The predicted molar refractivity (Wildman–Crippen MR) is 89.5 cm³/mol. The highest BCUT2D eigenvalue weighted by molar-refractivity contribution is 6.35. The van der Waals surface area contributed by atoms with Gasteiger partial charge < -0.3 is 9.84 Å². The van der Waals surface area contributed by atoms with Gasteiger partial charge in [0.05, 0.1) is 34.5 Å². The van der Waals surface area contributed by atoms with Gasteiger partial charge in [0, 0.05) is 12.4 Å². The van der Waals surface area contributed by atoms with Gasteiger partial charge in [0.15, 0.2) is 11.6 Å². The minimum atomic E-state index is -0.400. The maximum atomic E-state index is 12.6. The van der Waals surface area contributed by atoms with Crippen LogP contribution in [0.15, 0.2) is 42.9 Å². The monoisotopic (exact) mass is 363 g/mol. The number of pyridine rings is 1. The van der Waals surface area contributed by atoms with Crippen molar-refractivity contribution >= 4 is 29.0 Å². The van der Waals surface area contributed by atoms with E-state index in [1.165, 1.54) is 48.6 Å². The molecular formula is C16H11Cl2N3O3. The molecule has 0 aliphatic heterocycles. The lowest BCUT2D eigenvalue weighted by atomic mass is 10.1. The van der Waals surface area contributed by atoms with Crippen LogP contribution in [0.25, 0.3) is 5.82 Å². The van der Waals surface area contributed by atoms with Crippen LogP contribution in [0.4, 0.5) is 0 Å². The van der Waals surface area contributed by atoms with Crippen molar-refractivity contribution in [2.45, 2.75) is 0 Å². The Morgan fingerprint density at radius 3 is 2.75 bits per heavy atom. The van der Waals surface area contributed by atoms with Gasteiger partial charge in [-0.25, -0.2) is 9.67 Å². The second kappa shape index (κ2) is 6.51. The number of rotatable bonds is 4. The predicted octanol–water partition coefficient (Wildman–Crippen LogP) is 3.52. The van der Waals surface area contributed by atoms with Crippen LogP contribution in [0.2, 0.25) is 10.0 Å². The molecule has 3 aromatic rings. The van der Waals surface area contributed by atoms with E-state index >= 15 is 0 Å². The fourth-order valence-corrected chi connectivity index (χ4v) is 2.58. The van der Waals surface area contributed by atoms with Gasteiger partial charge in [-0.05, 0) is 24.3 Å². The van der Waals surface area contributed by atoms with Gasteiger partial charge in [-0.1, -0.05) is 23.2 Å². The van der Waals surface area contributed by atoms with Crippen molar-refractivity contribution in [2.24, 2.45) is 0 Å². The lowest BCUT2D eigenvalue weighted by Crippen LogP contribution is -2.02. The number of aromatic nitrogens is 3. The van der Waals surface area contributed by atoms with Gasteiger partial charge in [0.1, 0.15) is 11.5 Å². The van der Waals surface area contributed by atoms with Crippen molar-refractivity contribution in [3.05, 3.63) is 64.0 Å². The summed E-state index contributed by atoms with van der Waals surface area (Å²) in [5.74, 6) is 0.264. The standard InChI is InChI=1S/C16H11Cl2N3O3/c1-24-11-2-3-14(22)12(5-11)15(23)9-6-20-21(8-9)16-13(18)4-10(17)7-19-16/h2-8,22H,1H3. The molecule has 0 atom stereocenters. The SMILES string of the molecule is COc1ccc(O)c(C(=O)c2cnn(-c3ncc(Cl)cc3Cl)c2)c1. The van der Waals surface area contributed by atoms with Crippen LogP contribution in [0.5, 0.6) is 11.5 Å². The lowest BCUT2D eigenvalue weighted by Gasteiger charge is -2.05. The summed E-state index contributed by atoms with van der Waals surface area (Å²) in [4.78, 5) is 16.7. The van der Waals surface area contributed by atoms with Crippen LogP contribution in [-0.2, 0) is 0 Å². The minimum Gasteiger partial charge on any atom is -0.507 e. The normalized spacial score (nSPS) is 10.6. The van der Waals surface area contributed by atoms with Gasteiger partial charge in [-0.3, -0.25) is 4.79 Å². The second-order valence-corrected chi connectivity index (χ2v) is 5.69. The summed E-state index contributed by atoms with van der Waals surface area (Å²) in [6.07, 6.45) is 4.27. The van der Waals surface area contributed by atoms with E-state index in [1.54, 1.807) is 6.07 Å². The number of aromatic hydroxyl groups is 1. The molecule has 0 fully saturated rings. The van der Waals surface area contributed by atoms with E-state index in [9.17, 15) is 9.90 Å². The van der Waals surface area contributed by atoms with Gasteiger partial charge >= 0.3 is 0 Å². The Hall–Kier alpha value is -2.57. The van der Waals surface area contributed by atoms with E-state index in [2.05, 4.69) is 10.1 Å². The summed E-state index contributed by atoms with van der Waals surface area (Å²) in [7, 11) is 1.48. The first-order valence-electron chi connectivity index (χ1n) is 6.77. The number of phenols is 1. The Labute approximate surface area is 147 Å². The zero-order valence-corrected chi connectivity index (χ0v) is 13.9. The summed E-state index contributed by atoms with van der Waals surface area (Å²) >= 11 is 11.9. The maximum absolute atomic E-state index is 12.6. The Bertz CT molecular complexity index is 925. The van der Waals surface area contributed by atoms with Crippen molar-refractivity contribution in [3.8, 4) is 17.3 Å². The molecule has 0 spiro atoms. The van der Waals surface area contributed by atoms with Gasteiger partial charge in [-0.15, -0.1) is 0 Å². The molecule has 0 unspecified atom stereocenters. The molecule has 1 aromatic carbocycles. The highest BCUT2D eigenvalue weighted by Crippen LogP contribution is 2.26. The Kier molecular flexibility index (Phi) is 4.42. The van der Waals surface area contributed by atoms with E-state index in [1.807, 2.05) is 0 Å². The minimum absolute atomic E-state index is 0.115. The fraction of sp³-hybridized carbons (Fsp3) is 0.0625. The number of carbonyl (C=O) groups is 1. The van der Waals surface area contributed by atoms with Crippen molar-refractivity contribution < 1.29 is 14.6 Å². The molecule has 6 nitrogen and oxygen atoms in total. The van der Waals surface area contributed by atoms with Crippen LogP contribution in [0.3, 0.4) is 0 Å². The number of benzene rings is 1. The lowest BCUT2D eigenvalue weighted by molar-refractivity contribution is 0.103. The molecule has 0 bridgehead atoms. The van der Waals surface area contributed by atoms with Crippen molar-refractivity contribution in [3.63, 3.8) is 0 Å². The first-order valence-corrected chi connectivity index (χ1v) is 7.53. The van der Waals surface area contributed by atoms with Crippen LogP contribution >= 0.6 is 23.2 Å². The van der Waals surface area contributed by atoms with Crippen LogP contribution in [0, 0.1) is 0 Å². The third kappa shape index (κ3) is 3.06. The molecule has 1 N–H and O–H groups in total. The quantitative estimate of drug-likeness (QED) is 0.717. The molecule has 0 aliphatic carbocycles. The number of phenolic OH excluding ortho intramolecular Hbond substituents is 1. The molecule has 8 heteroatoms. The second-order valence-electron chi connectivity index (χ2n) is 4.84. The molecule has 0 amide bonds. The molecule has 0 saturated carbocycles. The van der Waals surface area contributed by atoms with Gasteiger partial charge in [-0.2, -0.15) is 5.10 Å². The van der Waals surface area contributed by atoms with Crippen molar-refractivity contribution in [2.75, 3.05) is 7.11 Å². The zero-order chi connectivity index (χ0) is 17.3. The smallest absolute Gasteiger partial charge is 0.200 e. The topological polar surface area (TPSA) is 77.2 Å². The first-order chi connectivity index (χ1) is 11.5. The average Bonchev–Trinajstić information content (AvgIpc) is 3.04. The van der Waals surface area contributed by atoms with Crippen LogP contribution in [-0.4, -0.2) is 32.8 Å². The van der Waals surface area contributed by atoms with Gasteiger partial charge in [0.2, 0.25) is 0 Å². The number of methoxy groups -OCH3 is 1. The number of halogens is 2. The molecule has 2 aromatic heterocycles. The average molecular weight is 364 g/mol. The van der Waals surface area contributed by atoms with E-state index in [0.717, 1.165) is 0 Å². The number of hydrogen-bond acceptors (Lipinski definition) is 5. The van der Waals surface area contributed by atoms with Crippen molar-refractivity contribution in [1.29, 1.82) is 0 Å². The van der Waals surface area contributed by atoms with E-state index in [4.69, 9.17) is 27.9 Å². The van der Waals surface area contributed by atoms with E-state index in [-0.39, 0.29) is 16.9 Å². The molecule has 3 rings (SSSR count). The molecule has 24 heavy (non-hydrogen) atoms. The van der Waals surface area contributed by atoms with Crippen LogP contribution in [0.1, 0.15) is 15.9 Å². The summed E-state index contributed by atoms with van der Waals surface area (Å²) in [6, 6.07) is 5.95. The molecule has 0 aliphatic rings. The summed E-state index contributed by atoms with van der Waals surface area (Å²) in [5.41, 5.74) is 0.385. The molecule has 122 valence electrons. The number of hydrogen-bond donors (Lipinski definition) is 1. The number of carbonyl (C=O) groups excluding carboxylic acids is 1. The molecule has 0 radical (unpaired) electrons. The maximum Gasteiger partial charge on any atom is 0.200 e. The summed E-state index contributed by atoms with van der Waals surface area (Å²) in [6.45, 7) is 0. The number of ketones is 1. The first kappa shape index (κ1) is 16.3. The number of ether oxygens (including phenoxy) is 1. The Morgan fingerprint density at radius 1 is 1.25 bits per heavy atom. The van der Waals surface area contributed by atoms with E-state index < -0.39 is 5.78 Å². The summed E-state index contributed by atoms with van der Waals surface area (Å²) < 4.78 is 6.44. The third-order valence-corrected chi connectivity index (χ3v) is 3.78. The van der Waals surface area contributed by atoms with E-state index in [0.29, 0.717) is 21.6 Å². The third-order valence-electron chi connectivity index (χ3n) is 3.30. The highest BCUT2D eigenvalue weighted by atomic mass is 35.5. The van der Waals surface area contributed by atoms with Crippen molar-refractivity contribution in [1.82, 2.24) is 14.8 Å². The van der Waals surface area contributed by atoms with Gasteiger partial charge in [0.25, 0.3) is 0 Å². The molecular weight excluding hydrogens is 353 g/mol. The summed E-state index contributed by atoms with van der Waals surface area (Å²) in [5, 5.41) is 14.7. The molecule has 0 saturated heterocycles.